The van der Waals surface area contributed by atoms with Crippen LogP contribution in [-0.2, 0) is 10.1 Å². The van der Waals surface area contributed by atoms with Crippen LogP contribution < -0.4 is 10.5 Å². The molecule has 0 bridgehead atoms. The summed E-state index contributed by atoms with van der Waals surface area (Å²) in [6, 6.07) is 6.91. The van der Waals surface area contributed by atoms with Crippen molar-refractivity contribution in [2.75, 3.05) is 18.9 Å². The molecule has 0 radical (unpaired) electrons. The molecule has 8 heteroatoms. The van der Waals surface area contributed by atoms with E-state index in [0.29, 0.717) is 16.7 Å². The third kappa shape index (κ3) is 6.33. The summed E-state index contributed by atoms with van der Waals surface area (Å²) >= 11 is 0. The largest absolute Gasteiger partial charge is 0.744 e. The Labute approximate surface area is 161 Å². The van der Waals surface area contributed by atoms with E-state index in [-0.39, 0.29) is 10.8 Å². The number of carbonyl (C=O) groups excluding carboxylic acids is 1. The minimum atomic E-state index is -4.33. The molecular formula is C19H27N3O4S. The average Bonchev–Trinajstić information content (AvgIpc) is 2.54. The zero-order valence-corrected chi connectivity index (χ0v) is 17.2. The van der Waals surface area contributed by atoms with Gasteiger partial charge in [0, 0.05) is 19.2 Å². The number of benzene rings is 1. The molecule has 0 saturated carbocycles. The normalized spacial score (nSPS) is 10.7. The van der Waals surface area contributed by atoms with E-state index in [1.54, 1.807) is 55.4 Å². The number of nitrogens with two attached hydrogens (primary N) is 1. The van der Waals surface area contributed by atoms with Crippen molar-refractivity contribution in [1.29, 1.82) is 0 Å². The molecule has 7 nitrogen and oxygen atoms in total. The number of hydrogen-bond donors (Lipinski definition) is 1. The Balaban J connectivity index is 0.000000271. The van der Waals surface area contributed by atoms with E-state index in [9.17, 15) is 17.8 Å². The van der Waals surface area contributed by atoms with E-state index in [1.165, 1.54) is 4.68 Å². The molecule has 148 valence electrons. The smallest absolute Gasteiger partial charge is 0.260 e. The van der Waals surface area contributed by atoms with Gasteiger partial charge in [0.25, 0.3) is 5.91 Å². The van der Waals surface area contributed by atoms with Crippen molar-refractivity contribution >= 4 is 16.0 Å². The number of aromatic nitrogens is 1. The third-order valence-corrected chi connectivity index (χ3v) is 5.12. The number of aryl methyl sites for hydroxylation is 3. The molecule has 2 N–H and O–H groups in total. The maximum absolute atomic E-state index is 11.8. The lowest BCUT2D eigenvalue weighted by Gasteiger charge is -2.17. The Morgan fingerprint density at radius 1 is 1.15 bits per heavy atom. The number of nitrogens with zero attached hydrogens (tertiary/aromatic N) is 2. The number of rotatable bonds is 4. The van der Waals surface area contributed by atoms with Gasteiger partial charge >= 0.3 is 0 Å². The maximum Gasteiger partial charge on any atom is 0.260 e. The quantitative estimate of drug-likeness (QED) is 0.483. The fourth-order valence-electron chi connectivity index (χ4n) is 2.87. The van der Waals surface area contributed by atoms with Crippen molar-refractivity contribution in [2.24, 2.45) is 0 Å². The first kappa shape index (κ1) is 22.6. The number of nitrogen functional groups attached to an aromatic ring is 1. The minimum absolute atomic E-state index is 0.0230. The second kappa shape index (κ2) is 9.48. The average molecular weight is 394 g/mol. The van der Waals surface area contributed by atoms with E-state index in [1.807, 2.05) is 20.8 Å². The Kier molecular flexibility index (Phi) is 7.93. The Morgan fingerprint density at radius 2 is 1.67 bits per heavy atom. The second-order valence-electron chi connectivity index (χ2n) is 6.20. The van der Waals surface area contributed by atoms with Crippen molar-refractivity contribution in [3.63, 3.8) is 0 Å². The lowest BCUT2D eigenvalue weighted by molar-refractivity contribution is -0.639. The van der Waals surface area contributed by atoms with Gasteiger partial charge in [-0.15, -0.1) is 0 Å². The van der Waals surface area contributed by atoms with Crippen molar-refractivity contribution < 1.29 is 22.4 Å². The standard InChI is InChI=1S/C10H16N3O.C9H12O3S/c1-3-12(4-2)10(14)9-6-5-7-13(11)8-9;1-6-4-7(2)9(8(3)5-6)13(10,11)12/h5-8H,3-4,11H2,1-2H3;4-5H,1-3H3,(H,10,11,12)/q+1;/p-1. The Bertz CT molecular complexity index is 884. The Morgan fingerprint density at radius 3 is 2.07 bits per heavy atom. The fourth-order valence-corrected chi connectivity index (χ4v) is 3.78. The molecule has 0 aliphatic heterocycles. The number of amides is 1. The van der Waals surface area contributed by atoms with Gasteiger partial charge in [-0.3, -0.25) is 4.79 Å². The van der Waals surface area contributed by atoms with Gasteiger partial charge < -0.3 is 9.45 Å². The van der Waals surface area contributed by atoms with Crippen LogP contribution in [0.1, 0.15) is 40.9 Å². The van der Waals surface area contributed by atoms with Crippen molar-refractivity contribution in [3.8, 4) is 0 Å². The van der Waals surface area contributed by atoms with Gasteiger partial charge in [0.05, 0.1) is 4.90 Å². The van der Waals surface area contributed by atoms with Gasteiger partial charge in [0.2, 0.25) is 6.20 Å². The van der Waals surface area contributed by atoms with Crippen LogP contribution in [-0.4, -0.2) is 36.9 Å². The first-order valence-corrected chi connectivity index (χ1v) is 10.0. The molecule has 2 rings (SSSR count). The van der Waals surface area contributed by atoms with Gasteiger partial charge in [-0.1, -0.05) is 22.4 Å². The van der Waals surface area contributed by atoms with Crippen LogP contribution in [0.25, 0.3) is 0 Å². The number of carbonyl (C=O) groups is 1. The van der Waals surface area contributed by atoms with E-state index in [2.05, 4.69) is 0 Å². The summed E-state index contributed by atoms with van der Waals surface area (Å²) in [5, 5.41) is 0. The molecule has 0 unspecified atom stereocenters. The van der Waals surface area contributed by atoms with Gasteiger partial charge in [0.1, 0.15) is 15.7 Å². The zero-order chi connectivity index (χ0) is 20.8. The van der Waals surface area contributed by atoms with E-state index in [4.69, 9.17) is 5.84 Å². The van der Waals surface area contributed by atoms with Crippen molar-refractivity contribution in [1.82, 2.24) is 4.90 Å². The molecule has 0 fully saturated rings. The lowest BCUT2D eigenvalue weighted by atomic mass is 10.1. The van der Waals surface area contributed by atoms with Crippen molar-refractivity contribution in [3.05, 3.63) is 58.9 Å². The van der Waals surface area contributed by atoms with Crippen LogP contribution in [0.3, 0.4) is 0 Å². The summed E-state index contributed by atoms with van der Waals surface area (Å²) in [5.41, 5.74) is 2.63. The molecule has 0 aliphatic rings. The summed E-state index contributed by atoms with van der Waals surface area (Å²) < 4.78 is 33.9. The molecule has 1 aromatic carbocycles. The molecular weight excluding hydrogens is 366 g/mol. The Hall–Kier alpha value is -2.45. The van der Waals surface area contributed by atoms with E-state index >= 15 is 0 Å². The van der Waals surface area contributed by atoms with E-state index < -0.39 is 10.1 Å². The third-order valence-electron chi connectivity index (χ3n) is 3.97. The van der Waals surface area contributed by atoms with Gasteiger partial charge in [-0.25, -0.2) is 14.3 Å². The summed E-state index contributed by atoms with van der Waals surface area (Å²) in [6.07, 6.45) is 3.32. The first-order valence-electron chi connectivity index (χ1n) is 8.60. The van der Waals surface area contributed by atoms with Crippen LogP contribution >= 0.6 is 0 Å². The van der Waals surface area contributed by atoms with Crippen LogP contribution in [0.4, 0.5) is 0 Å². The summed E-state index contributed by atoms with van der Waals surface area (Å²) in [7, 11) is -4.33. The molecule has 0 atom stereocenters. The predicted molar refractivity (Wildman–Crippen MR) is 103 cm³/mol. The highest BCUT2D eigenvalue weighted by molar-refractivity contribution is 7.85. The maximum atomic E-state index is 11.8. The van der Waals surface area contributed by atoms with E-state index in [0.717, 1.165) is 18.7 Å². The first-order chi connectivity index (χ1) is 12.5. The van der Waals surface area contributed by atoms with Crippen LogP contribution in [0.2, 0.25) is 0 Å². The minimum Gasteiger partial charge on any atom is -0.744 e. The molecule has 1 amide bonds. The zero-order valence-electron chi connectivity index (χ0n) is 16.4. The number of pyridine rings is 1. The van der Waals surface area contributed by atoms with Crippen LogP contribution in [0.5, 0.6) is 0 Å². The van der Waals surface area contributed by atoms with Crippen molar-refractivity contribution in [2.45, 2.75) is 39.5 Å². The summed E-state index contributed by atoms with van der Waals surface area (Å²) in [6.45, 7) is 10.5. The predicted octanol–water partition coefficient (Wildman–Crippen LogP) is 1.69. The molecule has 0 spiro atoms. The van der Waals surface area contributed by atoms with Gasteiger partial charge in [-0.2, -0.15) is 0 Å². The molecule has 0 saturated heterocycles. The summed E-state index contributed by atoms with van der Waals surface area (Å²) in [5.74, 6) is 5.55. The molecule has 1 heterocycles. The second-order valence-corrected chi connectivity index (χ2v) is 7.52. The molecule has 1 aromatic heterocycles. The molecule has 27 heavy (non-hydrogen) atoms. The highest BCUT2D eigenvalue weighted by Gasteiger charge is 2.14. The van der Waals surface area contributed by atoms with Crippen LogP contribution in [0, 0.1) is 20.8 Å². The van der Waals surface area contributed by atoms with Crippen LogP contribution in [0.15, 0.2) is 41.6 Å². The number of hydrogen-bond acceptors (Lipinski definition) is 5. The molecule has 2 aromatic rings. The lowest BCUT2D eigenvalue weighted by Crippen LogP contribution is -2.44. The molecule has 0 aliphatic carbocycles. The topological polar surface area (TPSA) is 107 Å². The highest BCUT2D eigenvalue weighted by atomic mass is 32.2. The fraction of sp³-hybridized carbons (Fsp3) is 0.368. The SMILES string of the molecule is CCN(CC)C(=O)c1ccc[n+](N)c1.Cc1cc(C)c(S(=O)(=O)[O-])c(C)c1. The van der Waals surface area contributed by atoms with Gasteiger partial charge in [-0.05, 0) is 51.8 Å². The monoisotopic (exact) mass is 393 g/mol. The summed E-state index contributed by atoms with van der Waals surface area (Å²) in [4.78, 5) is 13.5. The highest BCUT2D eigenvalue weighted by Crippen LogP contribution is 2.20. The van der Waals surface area contributed by atoms with Gasteiger partial charge in [0.15, 0.2) is 6.20 Å².